The van der Waals surface area contributed by atoms with Gasteiger partial charge in [0, 0.05) is 0 Å². The lowest BCUT2D eigenvalue weighted by Gasteiger charge is -2.61. The molecule has 5 rings (SSSR count). The molecule has 0 N–H and O–H groups in total. The van der Waals surface area contributed by atoms with Crippen molar-refractivity contribution in [2.45, 2.75) is 45.4 Å². The second-order valence-electron chi connectivity index (χ2n) is 7.25. The molecule has 1 aromatic rings. The van der Waals surface area contributed by atoms with Crippen molar-refractivity contribution in [1.82, 2.24) is 0 Å². The Hall–Kier alpha value is -0.780. The van der Waals surface area contributed by atoms with E-state index in [1.165, 1.54) is 25.7 Å². The van der Waals surface area contributed by atoms with Crippen LogP contribution in [-0.4, -0.2) is 0 Å². The molecule has 2 unspecified atom stereocenters. The second kappa shape index (κ2) is 2.96. The van der Waals surface area contributed by atoms with Gasteiger partial charge < -0.3 is 0 Å². The Morgan fingerprint density at radius 1 is 1.12 bits per heavy atom. The van der Waals surface area contributed by atoms with Gasteiger partial charge in [0.1, 0.15) is 0 Å². The maximum Gasteiger partial charge on any atom is -0.00967 e. The van der Waals surface area contributed by atoms with Gasteiger partial charge in [-0.15, -0.1) is 0 Å². The fraction of sp³-hybridized carbons (Fsp3) is 0.647. The van der Waals surface area contributed by atoms with E-state index < -0.39 is 0 Å². The summed E-state index contributed by atoms with van der Waals surface area (Å²) < 4.78 is 0. The van der Waals surface area contributed by atoms with Crippen LogP contribution in [0.15, 0.2) is 30.3 Å². The summed E-state index contributed by atoms with van der Waals surface area (Å²) in [6.45, 7) is 5.04. The zero-order valence-corrected chi connectivity index (χ0v) is 10.9. The first-order chi connectivity index (χ1) is 8.14. The molecule has 4 aliphatic rings. The molecule has 0 heteroatoms. The van der Waals surface area contributed by atoms with E-state index in [-0.39, 0.29) is 0 Å². The average molecular weight is 226 g/mol. The van der Waals surface area contributed by atoms with E-state index in [9.17, 15) is 0 Å². The molecule has 0 heterocycles. The number of hydrogen-bond donors (Lipinski definition) is 0. The highest BCUT2D eigenvalue weighted by molar-refractivity contribution is 5.33. The smallest absolute Gasteiger partial charge is 0.00967 e. The Balaban J connectivity index is 1.65. The molecule has 1 aromatic carbocycles. The van der Waals surface area contributed by atoms with Gasteiger partial charge in [0.2, 0.25) is 0 Å². The third kappa shape index (κ3) is 1.14. The van der Waals surface area contributed by atoms with Gasteiger partial charge in [-0.05, 0) is 59.8 Å². The highest BCUT2D eigenvalue weighted by Crippen LogP contribution is 2.79. The highest BCUT2D eigenvalue weighted by Gasteiger charge is 2.70. The van der Waals surface area contributed by atoms with Crippen molar-refractivity contribution in [3.63, 3.8) is 0 Å². The third-order valence-corrected chi connectivity index (χ3v) is 6.44. The number of rotatable bonds is 1. The number of hydrogen-bond acceptors (Lipinski definition) is 0. The van der Waals surface area contributed by atoms with E-state index in [1.807, 2.05) is 0 Å². The van der Waals surface area contributed by atoms with Gasteiger partial charge in [-0.3, -0.25) is 0 Å². The molecule has 2 bridgehead atoms. The lowest BCUT2D eigenvalue weighted by Crippen LogP contribution is -2.53. The first-order valence-electron chi connectivity index (χ1n) is 7.19. The summed E-state index contributed by atoms with van der Waals surface area (Å²) in [5, 5.41) is 0. The summed E-state index contributed by atoms with van der Waals surface area (Å²) in [6.07, 6.45) is 5.99. The van der Waals surface area contributed by atoms with Crippen LogP contribution < -0.4 is 0 Å². The largest absolute Gasteiger partial charge is 0.0622 e. The van der Waals surface area contributed by atoms with Gasteiger partial charge in [0.15, 0.2) is 0 Å². The van der Waals surface area contributed by atoms with Crippen molar-refractivity contribution >= 4 is 0 Å². The predicted molar refractivity (Wildman–Crippen MR) is 70.8 cm³/mol. The molecule has 0 aromatic heterocycles. The molecule has 4 fully saturated rings. The molecule has 0 nitrogen and oxygen atoms in total. The van der Waals surface area contributed by atoms with E-state index in [0.717, 1.165) is 17.8 Å². The van der Waals surface area contributed by atoms with Crippen molar-refractivity contribution in [1.29, 1.82) is 0 Å². The van der Waals surface area contributed by atoms with Crippen LogP contribution in [0.2, 0.25) is 0 Å². The van der Waals surface area contributed by atoms with Crippen LogP contribution in [0, 0.1) is 22.7 Å². The van der Waals surface area contributed by atoms with Crippen LogP contribution >= 0.6 is 0 Å². The van der Waals surface area contributed by atoms with Gasteiger partial charge in [0.25, 0.3) is 0 Å². The van der Waals surface area contributed by atoms with E-state index in [0.29, 0.717) is 10.8 Å². The number of benzene rings is 1. The van der Waals surface area contributed by atoms with Crippen molar-refractivity contribution in [2.24, 2.45) is 22.7 Å². The van der Waals surface area contributed by atoms with Gasteiger partial charge in [-0.1, -0.05) is 44.2 Å². The molecule has 90 valence electrons. The topological polar surface area (TPSA) is 0 Å². The standard InChI is InChI=1S/C17H22/c1-16(2)13-8-9-17(15(16)10-13)11-14(17)12-6-4-3-5-7-12/h3-7,13-15H,8-11H2,1-2H3/t13?,14-,15?,17-/m1/s1. The maximum absolute atomic E-state index is 2.52. The van der Waals surface area contributed by atoms with Crippen molar-refractivity contribution < 1.29 is 0 Å². The minimum atomic E-state index is 0.641. The SMILES string of the molecule is CC1(C)C2CC[C@]3(C[C@@H]3c3ccccc3)C1C2. The quantitative estimate of drug-likeness (QED) is 0.655. The summed E-state index contributed by atoms with van der Waals surface area (Å²) in [6, 6.07) is 11.2. The minimum absolute atomic E-state index is 0.641. The Kier molecular flexibility index (Phi) is 1.77. The monoisotopic (exact) mass is 226 g/mol. The van der Waals surface area contributed by atoms with Crippen LogP contribution in [-0.2, 0) is 0 Å². The average Bonchev–Trinajstić information content (AvgIpc) is 3.04. The molecule has 0 aliphatic heterocycles. The zero-order chi connectivity index (χ0) is 11.7. The first-order valence-corrected chi connectivity index (χ1v) is 7.19. The Labute approximate surface area is 104 Å². The highest BCUT2D eigenvalue weighted by atomic mass is 14.7. The van der Waals surface area contributed by atoms with Crippen LogP contribution in [0.5, 0.6) is 0 Å². The molecular formula is C17H22. The van der Waals surface area contributed by atoms with Crippen LogP contribution in [0.25, 0.3) is 0 Å². The van der Waals surface area contributed by atoms with E-state index in [1.54, 1.807) is 5.56 Å². The summed E-state index contributed by atoms with van der Waals surface area (Å²) in [5.41, 5.74) is 2.95. The molecule has 0 radical (unpaired) electrons. The molecule has 17 heavy (non-hydrogen) atoms. The molecule has 0 amide bonds. The van der Waals surface area contributed by atoms with Crippen LogP contribution in [0.4, 0.5) is 0 Å². The Bertz CT molecular complexity index is 442. The van der Waals surface area contributed by atoms with Gasteiger partial charge in [0.05, 0.1) is 0 Å². The lowest BCUT2D eigenvalue weighted by molar-refractivity contribution is -0.118. The first kappa shape index (κ1) is 10.2. The fourth-order valence-electron chi connectivity index (χ4n) is 5.22. The van der Waals surface area contributed by atoms with Crippen molar-refractivity contribution in [3.05, 3.63) is 35.9 Å². The minimum Gasteiger partial charge on any atom is -0.0622 e. The van der Waals surface area contributed by atoms with Crippen molar-refractivity contribution in [2.75, 3.05) is 0 Å². The molecular weight excluding hydrogens is 204 g/mol. The van der Waals surface area contributed by atoms with Crippen molar-refractivity contribution in [3.8, 4) is 0 Å². The molecule has 0 saturated heterocycles. The fourth-order valence-corrected chi connectivity index (χ4v) is 5.22. The number of fused-ring (bicyclic) bond motifs is 1. The van der Waals surface area contributed by atoms with E-state index >= 15 is 0 Å². The van der Waals surface area contributed by atoms with E-state index in [2.05, 4.69) is 44.2 Å². The molecule has 4 saturated carbocycles. The summed E-state index contributed by atoms with van der Waals surface area (Å²) in [7, 11) is 0. The third-order valence-electron chi connectivity index (χ3n) is 6.44. The predicted octanol–water partition coefficient (Wildman–Crippen LogP) is 4.62. The molecule has 1 spiro atoms. The van der Waals surface area contributed by atoms with Gasteiger partial charge in [-0.25, -0.2) is 0 Å². The van der Waals surface area contributed by atoms with Crippen LogP contribution in [0.1, 0.15) is 51.0 Å². The van der Waals surface area contributed by atoms with Gasteiger partial charge >= 0.3 is 0 Å². The Morgan fingerprint density at radius 3 is 2.53 bits per heavy atom. The molecule has 4 aliphatic carbocycles. The second-order valence-corrected chi connectivity index (χ2v) is 7.25. The zero-order valence-electron chi connectivity index (χ0n) is 10.9. The maximum atomic E-state index is 2.52. The summed E-state index contributed by atoms with van der Waals surface area (Å²) >= 11 is 0. The molecule has 4 atom stereocenters. The lowest BCUT2D eigenvalue weighted by atomic mass is 9.44. The van der Waals surface area contributed by atoms with Crippen LogP contribution in [0.3, 0.4) is 0 Å². The Morgan fingerprint density at radius 2 is 1.88 bits per heavy atom. The van der Waals surface area contributed by atoms with Gasteiger partial charge in [-0.2, -0.15) is 0 Å². The summed E-state index contributed by atoms with van der Waals surface area (Å²) in [5.74, 6) is 2.93. The normalized spacial score (nSPS) is 45.4. The van der Waals surface area contributed by atoms with E-state index in [4.69, 9.17) is 0 Å². The summed E-state index contributed by atoms with van der Waals surface area (Å²) in [4.78, 5) is 0.